The van der Waals surface area contributed by atoms with Crippen molar-refractivity contribution in [1.82, 2.24) is 5.32 Å². The van der Waals surface area contributed by atoms with Gasteiger partial charge in [0, 0.05) is 17.2 Å². The van der Waals surface area contributed by atoms with Gasteiger partial charge in [-0.05, 0) is 18.1 Å². The van der Waals surface area contributed by atoms with Gasteiger partial charge in [-0.1, -0.05) is 19.1 Å². The SMILES string of the molecule is COc1ccccc1SCC(C)CNC(=O)CN. The van der Waals surface area contributed by atoms with E-state index in [1.807, 2.05) is 24.3 Å². The summed E-state index contributed by atoms with van der Waals surface area (Å²) < 4.78 is 5.29. The standard InChI is InChI=1S/C13H20N2O2S/c1-10(8-15-13(16)7-14)9-18-12-6-4-3-5-11(12)17-2/h3-6,10H,7-9,14H2,1-2H3,(H,15,16). The molecule has 1 rings (SSSR count). The van der Waals surface area contributed by atoms with E-state index in [0.29, 0.717) is 12.5 Å². The molecule has 0 aliphatic rings. The molecular weight excluding hydrogens is 248 g/mol. The van der Waals surface area contributed by atoms with Crippen molar-refractivity contribution in [3.63, 3.8) is 0 Å². The van der Waals surface area contributed by atoms with Crippen LogP contribution in [0.4, 0.5) is 0 Å². The molecule has 4 nitrogen and oxygen atoms in total. The highest BCUT2D eigenvalue weighted by atomic mass is 32.2. The van der Waals surface area contributed by atoms with Crippen LogP contribution in [0.25, 0.3) is 0 Å². The van der Waals surface area contributed by atoms with Gasteiger partial charge in [0.15, 0.2) is 0 Å². The second-order valence-electron chi connectivity index (χ2n) is 4.08. The average molecular weight is 268 g/mol. The third-order valence-corrected chi connectivity index (χ3v) is 3.81. The average Bonchev–Trinajstić information content (AvgIpc) is 2.42. The minimum absolute atomic E-state index is 0.0480. The van der Waals surface area contributed by atoms with Crippen LogP contribution in [0.15, 0.2) is 29.2 Å². The summed E-state index contributed by atoms with van der Waals surface area (Å²) >= 11 is 1.73. The molecule has 100 valence electrons. The lowest BCUT2D eigenvalue weighted by Gasteiger charge is -2.13. The van der Waals surface area contributed by atoms with Crippen LogP contribution in [-0.4, -0.2) is 31.9 Å². The van der Waals surface area contributed by atoms with Crippen molar-refractivity contribution in [1.29, 1.82) is 0 Å². The fourth-order valence-electron chi connectivity index (χ4n) is 1.39. The van der Waals surface area contributed by atoms with Crippen molar-refractivity contribution in [2.45, 2.75) is 11.8 Å². The van der Waals surface area contributed by atoms with Crippen molar-refractivity contribution in [2.24, 2.45) is 11.7 Å². The zero-order valence-corrected chi connectivity index (χ0v) is 11.6. The van der Waals surface area contributed by atoms with E-state index in [0.717, 1.165) is 16.4 Å². The van der Waals surface area contributed by atoms with E-state index in [-0.39, 0.29) is 12.5 Å². The highest BCUT2D eigenvalue weighted by Crippen LogP contribution is 2.29. The zero-order valence-electron chi connectivity index (χ0n) is 10.8. The third-order valence-electron chi connectivity index (χ3n) is 2.43. The van der Waals surface area contributed by atoms with E-state index < -0.39 is 0 Å². The Labute approximate surface area is 112 Å². The first-order valence-electron chi connectivity index (χ1n) is 5.90. The molecule has 5 heteroatoms. The predicted molar refractivity (Wildman–Crippen MR) is 74.9 cm³/mol. The van der Waals surface area contributed by atoms with Gasteiger partial charge in [0.25, 0.3) is 0 Å². The maximum Gasteiger partial charge on any atom is 0.233 e. The molecule has 1 atom stereocenters. The Kier molecular flexibility index (Phi) is 6.60. The lowest BCUT2D eigenvalue weighted by Crippen LogP contribution is -2.34. The van der Waals surface area contributed by atoms with Gasteiger partial charge in [-0.3, -0.25) is 4.79 Å². The summed E-state index contributed by atoms with van der Waals surface area (Å²) in [7, 11) is 1.67. The topological polar surface area (TPSA) is 64.3 Å². The van der Waals surface area contributed by atoms with E-state index in [9.17, 15) is 4.79 Å². The van der Waals surface area contributed by atoms with Crippen LogP contribution < -0.4 is 15.8 Å². The van der Waals surface area contributed by atoms with Gasteiger partial charge < -0.3 is 15.8 Å². The maximum absolute atomic E-state index is 11.0. The Morgan fingerprint density at radius 1 is 1.50 bits per heavy atom. The number of hydrogen-bond donors (Lipinski definition) is 2. The summed E-state index contributed by atoms with van der Waals surface area (Å²) in [5.41, 5.74) is 5.23. The first kappa shape index (κ1) is 14.9. The normalized spacial score (nSPS) is 11.9. The number of ether oxygens (including phenoxy) is 1. The number of amides is 1. The predicted octanol–water partition coefficient (Wildman–Crippen LogP) is 1.50. The molecule has 1 unspecified atom stereocenters. The summed E-state index contributed by atoms with van der Waals surface area (Å²) in [6.07, 6.45) is 0. The Morgan fingerprint density at radius 3 is 2.89 bits per heavy atom. The molecule has 0 bridgehead atoms. The first-order chi connectivity index (χ1) is 8.67. The smallest absolute Gasteiger partial charge is 0.233 e. The summed E-state index contributed by atoms with van der Waals surface area (Å²) in [6.45, 7) is 2.80. The molecule has 0 fully saturated rings. The zero-order chi connectivity index (χ0) is 13.4. The molecule has 1 aromatic rings. The van der Waals surface area contributed by atoms with E-state index in [2.05, 4.69) is 12.2 Å². The number of thioether (sulfide) groups is 1. The Balaban J connectivity index is 2.37. The molecule has 1 amide bonds. The van der Waals surface area contributed by atoms with Crippen LogP contribution in [0.5, 0.6) is 5.75 Å². The van der Waals surface area contributed by atoms with Crippen LogP contribution in [0.2, 0.25) is 0 Å². The Morgan fingerprint density at radius 2 is 2.22 bits per heavy atom. The van der Waals surface area contributed by atoms with Gasteiger partial charge in [0.1, 0.15) is 5.75 Å². The number of para-hydroxylation sites is 1. The molecule has 3 N–H and O–H groups in total. The lowest BCUT2D eigenvalue weighted by molar-refractivity contribution is -0.119. The molecular formula is C13H20N2O2S. The van der Waals surface area contributed by atoms with E-state index in [1.54, 1.807) is 18.9 Å². The third kappa shape index (κ3) is 4.98. The number of methoxy groups -OCH3 is 1. The van der Waals surface area contributed by atoms with Crippen LogP contribution in [0, 0.1) is 5.92 Å². The molecule has 0 aromatic heterocycles. The molecule has 18 heavy (non-hydrogen) atoms. The summed E-state index contributed by atoms with van der Waals surface area (Å²) in [6, 6.07) is 7.93. The number of carbonyl (C=O) groups excluding carboxylic acids is 1. The highest BCUT2D eigenvalue weighted by Gasteiger charge is 2.07. The van der Waals surface area contributed by atoms with Gasteiger partial charge in [-0.15, -0.1) is 11.8 Å². The minimum atomic E-state index is -0.107. The summed E-state index contributed by atoms with van der Waals surface area (Å²) in [5.74, 6) is 2.09. The molecule has 0 aliphatic carbocycles. The number of rotatable bonds is 7. The van der Waals surface area contributed by atoms with Crippen molar-refractivity contribution < 1.29 is 9.53 Å². The number of nitrogens with two attached hydrogens (primary N) is 1. The fraction of sp³-hybridized carbons (Fsp3) is 0.462. The maximum atomic E-state index is 11.0. The molecule has 0 heterocycles. The number of nitrogens with one attached hydrogen (secondary N) is 1. The van der Waals surface area contributed by atoms with Crippen LogP contribution >= 0.6 is 11.8 Å². The molecule has 0 radical (unpaired) electrons. The van der Waals surface area contributed by atoms with Crippen molar-refractivity contribution in [2.75, 3.05) is 26.0 Å². The second kappa shape index (κ2) is 8.00. The minimum Gasteiger partial charge on any atom is -0.496 e. The van der Waals surface area contributed by atoms with E-state index in [4.69, 9.17) is 10.5 Å². The van der Waals surface area contributed by atoms with Crippen molar-refractivity contribution >= 4 is 17.7 Å². The number of hydrogen-bond acceptors (Lipinski definition) is 4. The summed E-state index contributed by atoms with van der Waals surface area (Å²) in [5, 5.41) is 2.79. The van der Waals surface area contributed by atoms with Crippen LogP contribution in [0.1, 0.15) is 6.92 Å². The van der Waals surface area contributed by atoms with Gasteiger partial charge in [0.05, 0.1) is 13.7 Å². The molecule has 0 saturated carbocycles. The second-order valence-corrected chi connectivity index (χ2v) is 5.14. The van der Waals surface area contributed by atoms with Crippen molar-refractivity contribution in [3.05, 3.63) is 24.3 Å². The summed E-state index contributed by atoms with van der Waals surface area (Å²) in [4.78, 5) is 12.2. The monoisotopic (exact) mass is 268 g/mol. The highest BCUT2D eigenvalue weighted by molar-refractivity contribution is 7.99. The Bertz CT molecular complexity index is 385. The van der Waals surface area contributed by atoms with E-state index >= 15 is 0 Å². The molecule has 0 saturated heterocycles. The largest absolute Gasteiger partial charge is 0.496 e. The first-order valence-corrected chi connectivity index (χ1v) is 6.88. The lowest BCUT2D eigenvalue weighted by atomic mass is 10.2. The molecule has 0 aliphatic heterocycles. The van der Waals surface area contributed by atoms with E-state index in [1.165, 1.54) is 0 Å². The van der Waals surface area contributed by atoms with Crippen LogP contribution in [0.3, 0.4) is 0 Å². The molecule has 0 spiro atoms. The van der Waals surface area contributed by atoms with Gasteiger partial charge in [0.2, 0.25) is 5.91 Å². The van der Waals surface area contributed by atoms with Crippen molar-refractivity contribution in [3.8, 4) is 5.75 Å². The van der Waals surface area contributed by atoms with Crippen LogP contribution in [-0.2, 0) is 4.79 Å². The van der Waals surface area contributed by atoms with Gasteiger partial charge in [-0.25, -0.2) is 0 Å². The van der Waals surface area contributed by atoms with Gasteiger partial charge >= 0.3 is 0 Å². The number of benzene rings is 1. The molecule has 1 aromatic carbocycles. The number of carbonyl (C=O) groups is 1. The quantitative estimate of drug-likeness (QED) is 0.736. The Hall–Kier alpha value is -1.20. The fourth-order valence-corrected chi connectivity index (χ4v) is 2.44. The van der Waals surface area contributed by atoms with Gasteiger partial charge in [-0.2, -0.15) is 0 Å².